The van der Waals surface area contributed by atoms with E-state index < -0.39 is 22.3 Å². The summed E-state index contributed by atoms with van der Waals surface area (Å²) < 4.78 is 28.1. The van der Waals surface area contributed by atoms with Gasteiger partial charge in [-0.1, -0.05) is 6.08 Å². The van der Waals surface area contributed by atoms with Crippen LogP contribution in [-0.4, -0.2) is 51.1 Å². The fourth-order valence-electron chi connectivity index (χ4n) is 1.73. The summed E-state index contributed by atoms with van der Waals surface area (Å²) in [5.74, 6) is 0.167. The van der Waals surface area contributed by atoms with Crippen LogP contribution in [-0.2, 0) is 25.4 Å². The van der Waals surface area contributed by atoms with Gasteiger partial charge in [0.05, 0.1) is 18.5 Å². The van der Waals surface area contributed by atoms with Crippen LogP contribution >= 0.6 is 0 Å². The van der Waals surface area contributed by atoms with Gasteiger partial charge in [0.1, 0.15) is 6.10 Å². The van der Waals surface area contributed by atoms with E-state index in [9.17, 15) is 14.3 Å². The lowest BCUT2D eigenvalue weighted by Crippen LogP contribution is -2.31. The van der Waals surface area contributed by atoms with E-state index in [-0.39, 0.29) is 24.6 Å². The Bertz CT molecular complexity index is 324. The topological polar surface area (TPSA) is 108 Å². The number of rotatable bonds is 4. The van der Waals surface area contributed by atoms with Crippen molar-refractivity contribution < 1.29 is 28.2 Å². The highest BCUT2D eigenvalue weighted by Crippen LogP contribution is 2.28. The minimum atomic E-state index is -1.68. The number of hydrogen-bond acceptors (Lipinski definition) is 6. The van der Waals surface area contributed by atoms with Crippen LogP contribution in [0.5, 0.6) is 0 Å². The average molecular weight is 281 g/mol. The quantitative estimate of drug-likeness (QED) is 0.338. The third-order valence-electron chi connectivity index (χ3n) is 2.40. The van der Waals surface area contributed by atoms with Gasteiger partial charge in [0.15, 0.2) is 17.2 Å². The molecule has 0 spiro atoms. The number of nitrogens with zero attached hydrogens (tertiary/aromatic N) is 1. The Morgan fingerprint density at radius 3 is 2.83 bits per heavy atom. The molecule has 0 aromatic rings. The highest BCUT2D eigenvalue weighted by atomic mass is 32.2. The van der Waals surface area contributed by atoms with Crippen LogP contribution in [0.1, 0.15) is 6.42 Å². The molecule has 0 aliphatic carbocycles. The molecule has 2 aliphatic rings. The maximum Gasteiger partial charge on any atom is 0.294 e. The fourth-order valence-corrected chi connectivity index (χ4v) is 1.93. The van der Waals surface area contributed by atoms with Crippen molar-refractivity contribution >= 4 is 11.1 Å². The van der Waals surface area contributed by atoms with Gasteiger partial charge >= 0.3 is 0 Å². The van der Waals surface area contributed by atoms with Crippen LogP contribution < -0.4 is 0 Å². The van der Waals surface area contributed by atoms with Gasteiger partial charge in [0, 0.05) is 6.61 Å². The van der Waals surface area contributed by atoms with Gasteiger partial charge < -0.3 is 18.9 Å². The first kappa shape index (κ1) is 15.0. The Morgan fingerprint density at radius 2 is 2.33 bits per heavy atom. The lowest BCUT2D eigenvalue weighted by atomic mass is 10.1. The predicted molar refractivity (Wildman–Crippen MR) is 61.8 cm³/mol. The summed E-state index contributed by atoms with van der Waals surface area (Å²) in [4.78, 5) is 14.4. The molecular weight excluding hydrogens is 266 g/mol. The third-order valence-corrected chi connectivity index (χ3v) is 2.92. The maximum atomic E-state index is 10.0. The Kier molecular flexibility index (Phi) is 6.19. The number of ether oxygens (including phenoxy) is 2. The first-order valence-electron chi connectivity index (χ1n) is 5.27. The summed E-state index contributed by atoms with van der Waals surface area (Å²) in [5, 5.41) is 9.22. The van der Waals surface area contributed by atoms with Crippen molar-refractivity contribution in [2.45, 2.75) is 24.7 Å². The van der Waals surface area contributed by atoms with Gasteiger partial charge in [0.2, 0.25) is 0 Å². The summed E-state index contributed by atoms with van der Waals surface area (Å²) in [6, 6.07) is 0. The Labute approximate surface area is 106 Å². The Morgan fingerprint density at radius 1 is 1.61 bits per heavy atom. The van der Waals surface area contributed by atoms with Crippen molar-refractivity contribution in [2.24, 2.45) is 0 Å². The molecule has 0 radical (unpaired) electrons. The molecule has 0 saturated carbocycles. The molecule has 0 amide bonds. The van der Waals surface area contributed by atoms with E-state index in [1.54, 1.807) is 0 Å². The zero-order valence-corrected chi connectivity index (χ0v) is 10.4. The smallest absolute Gasteiger partial charge is 0.294 e. The Balaban J connectivity index is 0.000000232. The first-order valence-corrected chi connectivity index (χ1v) is 6.55. The van der Waals surface area contributed by atoms with Gasteiger partial charge in [-0.25, -0.2) is 4.21 Å². The molecular formula is C9H15NO7S. The fraction of sp³-hybridized carbons (Fsp3) is 0.778. The lowest BCUT2D eigenvalue weighted by molar-refractivity contribution is -0.769. The van der Waals surface area contributed by atoms with Crippen molar-refractivity contribution in [3.05, 3.63) is 22.8 Å². The molecule has 4 atom stereocenters. The van der Waals surface area contributed by atoms with Crippen LogP contribution in [0.3, 0.4) is 0 Å². The van der Waals surface area contributed by atoms with Crippen LogP contribution in [0.15, 0.2) is 12.7 Å². The molecule has 2 rings (SSSR count). The zero-order chi connectivity index (χ0) is 13.5. The largest absolute Gasteiger partial charge is 0.373 e. The summed E-state index contributed by atoms with van der Waals surface area (Å²) in [6.45, 7) is 4.11. The third kappa shape index (κ3) is 4.69. The average Bonchev–Trinajstić information content (AvgIpc) is 2.83. The molecule has 0 bridgehead atoms. The number of fused-ring (bicyclic) bond motifs is 1. The van der Waals surface area contributed by atoms with Crippen LogP contribution in [0, 0.1) is 10.1 Å². The molecule has 1 N–H and O–H groups in total. The maximum absolute atomic E-state index is 10.0. The van der Waals surface area contributed by atoms with Gasteiger partial charge in [0.25, 0.3) is 5.09 Å². The van der Waals surface area contributed by atoms with E-state index in [1.165, 1.54) is 6.08 Å². The summed E-state index contributed by atoms with van der Waals surface area (Å²) in [6.07, 6.45) is 1.43. The monoisotopic (exact) mass is 281 g/mol. The van der Waals surface area contributed by atoms with Crippen LogP contribution in [0.4, 0.5) is 0 Å². The molecule has 18 heavy (non-hydrogen) atoms. The summed E-state index contributed by atoms with van der Waals surface area (Å²) in [5.41, 5.74) is 0. The van der Waals surface area contributed by atoms with Crippen molar-refractivity contribution in [1.82, 2.24) is 0 Å². The van der Waals surface area contributed by atoms with Gasteiger partial charge in [-0.15, -0.1) is 16.7 Å². The molecule has 0 aromatic heterocycles. The molecule has 2 fully saturated rings. The molecule has 104 valence electrons. The van der Waals surface area contributed by atoms with Gasteiger partial charge in [-0.05, 0) is 6.42 Å². The SMILES string of the molecule is C=CCS(=O)O.O=[N+]([O-])O[C@@H]1CO[C@@H]2CCO[C@@H]21. The van der Waals surface area contributed by atoms with E-state index >= 15 is 0 Å². The molecule has 2 saturated heterocycles. The van der Waals surface area contributed by atoms with Crippen molar-refractivity contribution in [3.63, 3.8) is 0 Å². The van der Waals surface area contributed by atoms with E-state index in [0.29, 0.717) is 6.61 Å². The van der Waals surface area contributed by atoms with Crippen molar-refractivity contribution in [2.75, 3.05) is 19.0 Å². The molecule has 9 heteroatoms. The highest BCUT2D eigenvalue weighted by Gasteiger charge is 2.43. The molecule has 0 aromatic carbocycles. The first-order chi connectivity index (χ1) is 8.54. The van der Waals surface area contributed by atoms with E-state index in [0.717, 1.165) is 6.42 Å². The van der Waals surface area contributed by atoms with Gasteiger partial charge in [-0.2, -0.15) is 0 Å². The lowest BCUT2D eigenvalue weighted by Gasteiger charge is -2.12. The van der Waals surface area contributed by atoms with E-state index in [2.05, 4.69) is 11.4 Å². The van der Waals surface area contributed by atoms with E-state index in [4.69, 9.17) is 14.0 Å². The van der Waals surface area contributed by atoms with Gasteiger partial charge in [-0.3, -0.25) is 0 Å². The minimum absolute atomic E-state index is 0.00468. The standard InChI is InChI=1S/C6H9NO5.C3H6O2S/c8-7(9)12-5-3-11-4-1-2-10-6(4)5;1-2-3-6(4)5/h4-6H,1-3H2;2H,1,3H2,(H,4,5)/t4-,5-,6+;/m1./s1. The summed E-state index contributed by atoms with van der Waals surface area (Å²) >= 11 is -1.68. The van der Waals surface area contributed by atoms with E-state index in [1.807, 2.05) is 0 Å². The summed E-state index contributed by atoms with van der Waals surface area (Å²) in [7, 11) is 0. The molecule has 8 nitrogen and oxygen atoms in total. The van der Waals surface area contributed by atoms with Crippen molar-refractivity contribution in [3.8, 4) is 0 Å². The minimum Gasteiger partial charge on any atom is -0.373 e. The highest BCUT2D eigenvalue weighted by molar-refractivity contribution is 7.79. The molecule has 2 aliphatic heterocycles. The Hall–Kier alpha value is -1.03. The number of hydrogen-bond donors (Lipinski definition) is 1. The normalized spacial score (nSPS) is 30.8. The molecule has 2 heterocycles. The second kappa shape index (κ2) is 7.41. The second-order valence-electron chi connectivity index (χ2n) is 3.64. The van der Waals surface area contributed by atoms with Crippen LogP contribution in [0.2, 0.25) is 0 Å². The predicted octanol–water partition coefficient (Wildman–Crippen LogP) is 0.145. The van der Waals surface area contributed by atoms with Crippen molar-refractivity contribution in [1.29, 1.82) is 0 Å². The van der Waals surface area contributed by atoms with Crippen LogP contribution in [0.25, 0.3) is 0 Å². The molecule has 1 unspecified atom stereocenters. The second-order valence-corrected chi connectivity index (χ2v) is 4.62. The zero-order valence-electron chi connectivity index (χ0n) is 9.60.